The SMILES string of the molecule is O=C1COC2(CN1CC1CCN(Cc3ccc(O)c(Cl)c3)C1)c1ccccc1-c1ccccc12. The maximum Gasteiger partial charge on any atom is 0.248 e. The van der Waals surface area contributed by atoms with Crippen molar-refractivity contribution in [2.45, 2.75) is 18.6 Å². The summed E-state index contributed by atoms with van der Waals surface area (Å²) in [5.41, 5.74) is 5.21. The first-order valence-corrected chi connectivity index (χ1v) is 12.2. The van der Waals surface area contributed by atoms with E-state index in [2.05, 4.69) is 53.4 Å². The van der Waals surface area contributed by atoms with E-state index in [4.69, 9.17) is 16.3 Å². The fraction of sp³-hybridized carbons (Fsp3) is 0.321. The number of carbonyl (C=O) groups excluding carboxylic acids is 1. The molecule has 1 unspecified atom stereocenters. The van der Waals surface area contributed by atoms with Gasteiger partial charge in [0.2, 0.25) is 5.91 Å². The Kier molecular flexibility index (Phi) is 5.36. The van der Waals surface area contributed by atoms with Crippen molar-refractivity contribution in [1.82, 2.24) is 9.80 Å². The van der Waals surface area contributed by atoms with Gasteiger partial charge in [-0.05, 0) is 58.8 Å². The number of aromatic hydroxyl groups is 1. The lowest BCUT2D eigenvalue weighted by Gasteiger charge is -2.42. The fourth-order valence-corrected chi connectivity index (χ4v) is 6.08. The van der Waals surface area contributed by atoms with Crippen molar-refractivity contribution in [2.75, 3.05) is 32.8 Å². The number of benzene rings is 3. The Morgan fingerprint density at radius 3 is 2.44 bits per heavy atom. The summed E-state index contributed by atoms with van der Waals surface area (Å²) in [6.45, 7) is 4.09. The van der Waals surface area contributed by atoms with Crippen LogP contribution in [0.25, 0.3) is 11.1 Å². The summed E-state index contributed by atoms with van der Waals surface area (Å²) in [5.74, 6) is 0.592. The van der Waals surface area contributed by atoms with E-state index in [-0.39, 0.29) is 18.3 Å². The van der Waals surface area contributed by atoms with Gasteiger partial charge < -0.3 is 14.7 Å². The van der Waals surface area contributed by atoms with Crippen LogP contribution in [0.2, 0.25) is 5.02 Å². The Morgan fingerprint density at radius 1 is 1.03 bits per heavy atom. The van der Waals surface area contributed by atoms with E-state index in [9.17, 15) is 9.90 Å². The average Bonchev–Trinajstić information content (AvgIpc) is 3.40. The minimum Gasteiger partial charge on any atom is -0.506 e. The Morgan fingerprint density at radius 2 is 1.74 bits per heavy atom. The highest BCUT2D eigenvalue weighted by atomic mass is 35.5. The van der Waals surface area contributed by atoms with Crippen molar-refractivity contribution in [2.24, 2.45) is 5.92 Å². The van der Waals surface area contributed by atoms with Crippen LogP contribution in [0, 0.1) is 5.92 Å². The summed E-state index contributed by atoms with van der Waals surface area (Å²) in [4.78, 5) is 17.4. The Hall–Kier alpha value is -2.86. The number of rotatable bonds is 4. The largest absolute Gasteiger partial charge is 0.506 e. The Balaban J connectivity index is 1.19. The zero-order chi connectivity index (χ0) is 23.3. The van der Waals surface area contributed by atoms with E-state index in [1.54, 1.807) is 6.07 Å². The molecule has 0 saturated carbocycles. The molecule has 0 aromatic heterocycles. The normalized spacial score (nSPS) is 21.1. The molecule has 2 aliphatic heterocycles. The van der Waals surface area contributed by atoms with Crippen LogP contribution >= 0.6 is 11.6 Å². The third-order valence-corrected chi connectivity index (χ3v) is 7.79. The van der Waals surface area contributed by atoms with E-state index >= 15 is 0 Å². The summed E-state index contributed by atoms with van der Waals surface area (Å²) >= 11 is 6.08. The van der Waals surface area contributed by atoms with Gasteiger partial charge >= 0.3 is 0 Å². The van der Waals surface area contributed by atoms with Crippen LogP contribution in [-0.4, -0.2) is 53.6 Å². The molecule has 1 aliphatic carbocycles. The number of phenols is 1. The van der Waals surface area contributed by atoms with E-state index in [0.717, 1.165) is 49.3 Å². The van der Waals surface area contributed by atoms with Gasteiger partial charge in [0.05, 0.1) is 11.6 Å². The van der Waals surface area contributed by atoms with Crippen LogP contribution in [0.5, 0.6) is 5.75 Å². The Labute approximate surface area is 204 Å². The molecule has 1 spiro atoms. The summed E-state index contributed by atoms with van der Waals surface area (Å²) in [5, 5.41) is 10.1. The standard InChI is InChI=1S/C28H27ClN2O3/c29-25-13-19(9-10-26(25)32)14-30-12-11-20(15-30)16-31-18-28(34-17-27(31)33)23-7-3-1-5-21(23)22-6-2-4-8-24(22)28/h1-10,13,20,32H,11-12,14-18H2. The number of amides is 1. The van der Waals surface area contributed by atoms with Gasteiger partial charge in [0, 0.05) is 19.6 Å². The summed E-state index contributed by atoms with van der Waals surface area (Å²) in [6, 6.07) is 22.2. The third kappa shape index (κ3) is 3.59. The molecule has 174 valence electrons. The van der Waals surface area contributed by atoms with Gasteiger partial charge in [-0.25, -0.2) is 0 Å². The fourth-order valence-electron chi connectivity index (χ4n) is 5.88. The average molecular weight is 475 g/mol. The van der Waals surface area contributed by atoms with Crippen molar-refractivity contribution in [3.63, 3.8) is 0 Å². The van der Waals surface area contributed by atoms with Crippen LogP contribution in [0.3, 0.4) is 0 Å². The van der Waals surface area contributed by atoms with Gasteiger partial charge in [-0.1, -0.05) is 66.2 Å². The molecule has 1 N–H and O–H groups in total. The number of nitrogens with zero attached hydrogens (tertiary/aromatic N) is 2. The van der Waals surface area contributed by atoms with Crippen LogP contribution in [0.4, 0.5) is 0 Å². The number of halogens is 1. The second-order valence-corrected chi connectivity index (χ2v) is 10.1. The number of likely N-dealkylation sites (tertiary alicyclic amines) is 1. The van der Waals surface area contributed by atoms with Crippen LogP contribution in [0.1, 0.15) is 23.1 Å². The molecule has 1 amide bonds. The molecule has 34 heavy (non-hydrogen) atoms. The van der Waals surface area contributed by atoms with Crippen molar-refractivity contribution >= 4 is 17.5 Å². The lowest BCUT2D eigenvalue weighted by Crippen LogP contribution is -2.53. The molecular weight excluding hydrogens is 448 g/mol. The van der Waals surface area contributed by atoms with Gasteiger partial charge in [-0.15, -0.1) is 0 Å². The predicted molar refractivity (Wildman–Crippen MR) is 132 cm³/mol. The molecular formula is C28H27ClN2O3. The number of phenolic OH excluding ortho intramolecular Hbond substituents is 1. The highest BCUT2D eigenvalue weighted by Crippen LogP contribution is 2.51. The first-order valence-electron chi connectivity index (χ1n) is 11.8. The zero-order valence-corrected chi connectivity index (χ0v) is 19.7. The Bertz CT molecular complexity index is 1210. The first kappa shape index (κ1) is 21.7. The number of carbonyl (C=O) groups is 1. The molecule has 6 heteroatoms. The lowest BCUT2D eigenvalue weighted by atomic mass is 9.89. The third-order valence-electron chi connectivity index (χ3n) is 7.49. The molecule has 1 atom stereocenters. The van der Waals surface area contributed by atoms with Gasteiger partial charge in [-0.2, -0.15) is 0 Å². The molecule has 5 nitrogen and oxygen atoms in total. The number of morpholine rings is 1. The smallest absolute Gasteiger partial charge is 0.248 e. The predicted octanol–water partition coefficient (Wildman–Crippen LogP) is 4.65. The lowest BCUT2D eigenvalue weighted by molar-refractivity contribution is -0.159. The minimum absolute atomic E-state index is 0.0660. The molecule has 3 aliphatic rings. The van der Waals surface area contributed by atoms with Gasteiger partial charge in [0.1, 0.15) is 18.0 Å². The topological polar surface area (TPSA) is 53.0 Å². The van der Waals surface area contributed by atoms with Gasteiger partial charge in [0.15, 0.2) is 0 Å². The van der Waals surface area contributed by atoms with Crippen molar-refractivity contribution in [1.29, 1.82) is 0 Å². The highest BCUT2D eigenvalue weighted by molar-refractivity contribution is 6.32. The van der Waals surface area contributed by atoms with Crippen molar-refractivity contribution in [3.8, 4) is 16.9 Å². The van der Waals surface area contributed by atoms with E-state index in [1.165, 1.54) is 11.1 Å². The van der Waals surface area contributed by atoms with Crippen LogP contribution in [-0.2, 0) is 21.7 Å². The quantitative estimate of drug-likeness (QED) is 0.598. The maximum absolute atomic E-state index is 12.9. The van der Waals surface area contributed by atoms with Crippen molar-refractivity contribution in [3.05, 3.63) is 88.4 Å². The van der Waals surface area contributed by atoms with Gasteiger partial charge in [-0.3, -0.25) is 9.69 Å². The molecule has 6 rings (SSSR count). The number of fused-ring (bicyclic) bond motifs is 5. The summed E-state index contributed by atoms with van der Waals surface area (Å²) in [7, 11) is 0. The monoisotopic (exact) mass is 474 g/mol. The molecule has 2 fully saturated rings. The molecule has 2 heterocycles. The van der Waals surface area contributed by atoms with Crippen LogP contribution in [0.15, 0.2) is 66.7 Å². The molecule has 0 bridgehead atoms. The summed E-state index contributed by atoms with van der Waals surface area (Å²) in [6.07, 6.45) is 1.05. The van der Waals surface area contributed by atoms with E-state index in [1.807, 2.05) is 17.0 Å². The molecule has 0 radical (unpaired) electrons. The highest BCUT2D eigenvalue weighted by Gasteiger charge is 2.49. The molecule has 3 aromatic carbocycles. The minimum atomic E-state index is -0.595. The zero-order valence-electron chi connectivity index (χ0n) is 18.9. The second-order valence-electron chi connectivity index (χ2n) is 9.66. The number of ether oxygens (including phenoxy) is 1. The van der Waals surface area contributed by atoms with E-state index in [0.29, 0.717) is 17.5 Å². The number of hydrogen-bond donors (Lipinski definition) is 1. The number of hydrogen-bond acceptors (Lipinski definition) is 4. The van der Waals surface area contributed by atoms with E-state index < -0.39 is 5.60 Å². The molecule has 3 aromatic rings. The van der Waals surface area contributed by atoms with Crippen molar-refractivity contribution < 1.29 is 14.6 Å². The van der Waals surface area contributed by atoms with Crippen LogP contribution < -0.4 is 0 Å². The van der Waals surface area contributed by atoms with Gasteiger partial charge in [0.25, 0.3) is 0 Å². The summed E-state index contributed by atoms with van der Waals surface area (Å²) < 4.78 is 6.37. The second kappa shape index (κ2) is 8.42. The maximum atomic E-state index is 12.9. The molecule has 2 saturated heterocycles. The first-order chi connectivity index (χ1) is 16.5.